The van der Waals surface area contributed by atoms with Crippen molar-refractivity contribution in [2.45, 2.75) is 6.54 Å². The van der Waals surface area contributed by atoms with Crippen LogP contribution >= 0.6 is 0 Å². The SMILES string of the molecule is O=C(NCc1ccc(F)cc1)C(=Cc1c[nH]c2ccccc12)NC(=O)c1ccccc1. The summed E-state index contributed by atoms with van der Waals surface area (Å²) in [4.78, 5) is 28.8. The summed E-state index contributed by atoms with van der Waals surface area (Å²) < 4.78 is 13.1. The lowest BCUT2D eigenvalue weighted by atomic mass is 10.1. The number of carbonyl (C=O) groups excluding carboxylic acids is 2. The van der Waals surface area contributed by atoms with E-state index in [1.54, 1.807) is 48.7 Å². The molecule has 0 saturated heterocycles. The minimum Gasteiger partial charge on any atom is -0.361 e. The van der Waals surface area contributed by atoms with Crippen molar-refractivity contribution >= 4 is 28.8 Å². The Morgan fingerprint density at radius 2 is 1.61 bits per heavy atom. The van der Waals surface area contributed by atoms with E-state index in [9.17, 15) is 14.0 Å². The third-order valence-corrected chi connectivity index (χ3v) is 4.82. The average Bonchev–Trinajstić information content (AvgIpc) is 3.21. The maximum Gasteiger partial charge on any atom is 0.268 e. The molecule has 0 fully saturated rings. The summed E-state index contributed by atoms with van der Waals surface area (Å²) in [5.74, 6) is -1.17. The first kappa shape index (κ1) is 20.1. The lowest BCUT2D eigenvalue weighted by molar-refractivity contribution is -0.117. The zero-order chi connectivity index (χ0) is 21.6. The predicted octanol–water partition coefficient (Wildman–Crippen LogP) is 4.39. The van der Waals surface area contributed by atoms with Crippen LogP contribution < -0.4 is 10.6 Å². The van der Waals surface area contributed by atoms with Gasteiger partial charge in [-0.2, -0.15) is 0 Å². The molecule has 154 valence electrons. The van der Waals surface area contributed by atoms with Gasteiger partial charge in [0.1, 0.15) is 11.5 Å². The first-order chi connectivity index (χ1) is 15.1. The number of rotatable bonds is 6. The van der Waals surface area contributed by atoms with Gasteiger partial charge in [-0.25, -0.2) is 4.39 Å². The molecule has 5 nitrogen and oxygen atoms in total. The van der Waals surface area contributed by atoms with Gasteiger partial charge in [0, 0.05) is 34.8 Å². The van der Waals surface area contributed by atoms with E-state index >= 15 is 0 Å². The van der Waals surface area contributed by atoms with Crippen LogP contribution in [0.15, 0.2) is 90.8 Å². The fraction of sp³-hybridized carbons (Fsp3) is 0.0400. The van der Waals surface area contributed by atoms with Gasteiger partial charge in [-0.1, -0.05) is 48.5 Å². The van der Waals surface area contributed by atoms with Gasteiger partial charge < -0.3 is 15.6 Å². The molecule has 0 bridgehead atoms. The van der Waals surface area contributed by atoms with Crippen LogP contribution in [0.1, 0.15) is 21.5 Å². The van der Waals surface area contributed by atoms with E-state index in [1.165, 1.54) is 12.1 Å². The van der Waals surface area contributed by atoms with Crippen molar-refractivity contribution in [2.24, 2.45) is 0 Å². The zero-order valence-corrected chi connectivity index (χ0v) is 16.6. The van der Waals surface area contributed by atoms with Crippen molar-refractivity contribution in [1.29, 1.82) is 0 Å². The molecule has 0 aliphatic rings. The molecule has 4 aromatic rings. The van der Waals surface area contributed by atoms with Gasteiger partial charge in [0.25, 0.3) is 11.8 Å². The molecular weight excluding hydrogens is 393 g/mol. The third kappa shape index (κ3) is 4.87. The number of carbonyl (C=O) groups is 2. The number of amides is 2. The molecule has 0 saturated carbocycles. The number of aromatic amines is 1. The second-order valence-corrected chi connectivity index (χ2v) is 6.98. The van der Waals surface area contributed by atoms with E-state index < -0.39 is 5.91 Å². The van der Waals surface area contributed by atoms with E-state index in [-0.39, 0.29) is 24.0 Å². The number of H-pyrrole nitrogens is 1. The lowest BCUT2D eigenvalue weighted by Gasteiger charge is -2.11. The van der Waals surface area contributed by atoms with Gasteiger partial charge in [0.15, 0.2) is 0 Å². The maximum absolute atomic E-state index is 13.1. The number of halogens is 1. The van der Waals surface area contributed by atoms with Gasteiger partial charge in [-0.05, 0) is 42.0 Å². The zero-order valence-electron chi connectivity index (χ0n) is 16.6. The number of para-hydroxylation sites is 1. The summed E-state index contributed by atoms with van der Waals surface area (Å²) in [7, 11) is 0. The van der Waals surface area contributed by atoms with Crippen LogP contribution in [0, 0.1) is 5.82 Å². The Balaban J connectivity index is 1.60. The Bertz CT molecular complexity index is 1240. The Morgan fingerprint density at radius 1 is 0.903 bits per heavy atom. The fourth-order valence-corrected chi connectivity index (χ4v) is 3.19. The maximum atomic E-state index is 13.1. The molecule has 1 aromatic heterocycles. The summed E-state index contributed by atoms with van der Waals surface area (Å²) in [6.07, 6.45) is 3.42. The van der Waals surface area contributed by atoms with Crippen LogP contribution in [-0.4, -0.2) is 16.8 Å². The van der Waals surface area contributed by atoms with Gasteiger partial charge >= 0.3 is 0 Å². The molecule has 3 N–H and O–H groups in total. The quantitative estimate of drug-likeness (QED) is 0.410. The minimum atomic E-state index is -0.445. The molecule has 0 spiro atoms. The molecular formula is C25H20FN3O2. The summed E-state index contributed by atoms with van der Waals surface area (Å²) in [5.41, 5.74) is 3.00. The number of benzene rings is 3. The van der Waals surface area contributed by atoms with Crippen LogP contribution in [0.25, 0.3) is 17.0 Å². The van der Waals surface area contributed by atoms with Gasteiger partial charge in [-0.3, -0.25) is 9.59 Å². The summed E-state index contributed by atoms with van der Waals surface area (Å²) >= 11 is 0. The van der Waals surface area contributed by atoms with Crippen LogP contribution in [-0.2, 0) is 11.3 Å². The van der Waals surface area contributed by atoms with E-state index in [0.29, 0.717) is 5.56 Å². The van der Waals surface area contributed by atoms with Crippen molar-refractivity contribution < 1.29 is 14.0 Å². The highest BCUT2D eigenvalue weighted by Gasteiger charge is 2.15. The Morgan fingerprint density at radius 3 is 2.39 bits per heavy atom. The summed E-state index contributed by atoms with van der Waals surface area (Å²) in [5, 5.41) is 6.43. The second-order valence-electron chi connectivity index (χ2n) is 6.98. The summed E-state index contributed by atoms with van der Waals surface area (Å²) in [6.45, 7) is 0.200. The smallest absolute Gasteiger partial charge is 0.268 e. The summed E-state index contributed by atoms with van der Waals surface area (Å²) in [6, 6.07) is 22.2. The van der Waals surface area contributed by atoms with E-state index in [1.807, 2.05) is 30.3 Å². The highest BCUT2D eigenvalue weighted by atomic mass is 19.1. The van der Waals surface area contributed by atoms with Gasteiger partial charge in [-0.15, -0.1) is 0 Å². The molecule has 2 amide bonds. The first-order valence-corrected chi connectivity index (χ1v) is 9.77. The average molecular weight is 413 g/mol. The topological polar surface area (TPSA) is 74.0 Å². The predicted molar refractivity (Wildman–Crippen MR) is 118 cm³/mol. The Labute approximate surface area is 178 Å². The standard InChI is InChI=1S/C25H20FN3O2/c26-20-12-10-17(11-13-20)15-28-25(31)23(29-24(30)18-6-2-1-3-7-18)14-19-16-27-22-9-5-4-8-21(19)22/h1-14,16,27H,15H2,(H,28,31)(H,29,30). The van der Waals surface area contributed by atoms with Crippen molar-refractivity contribution in [3.63, 3.8) is 0 Å². The molecule has 0 atom stereocenters. The molecule has 0 aliphatic carbocycles. The van der Waals surface area contributed by atoms with E-state index in [4.69, 9.17) is 0 Å². The van der Waals surface area contributed by atoms with Crippen LogP contribution in [0.4, 0.5) is 4.39 Å². The fourth-order valence-electron chi connectivity index (χ4n) is 3.19. The van der Waals surface area contributed by atoms with Crippen molar-refractivity contribution in [2.75, 3.05) is 0 Å². The van der Waals surface area contributed by atoms with Crippen LogP contribution in [0.2, 0.25) is 0 Å². The number of hydrogen-bond donors (Lipinski definition) is 3. The molecule has 0 radical (unpaired) electrons. The molecule has 0 unspecified atom stereocenters. The van der Waals surface area contributed by atoms with Crippen molar-refractivity contribution in [1.82, 2.24) is 15.6 Å². The largest absolute Gasteiger partial charge is 0.361 e. The third-order valence-electron chi connectivity index (χ3n) is 4.82. The monoisotopic (exact) mass is 413 g/mol. The molecule has 4 rings (SSSR count). The molecule has 0 aliphatic heterocycles. The molecule has 31 heavy (non-hydrogen) atoms. The van der Waals surface area contributed by atoms with E-state index in [2.05, 4.69) is 15.6 Å². The molecule has 1 heterocycles. The van der Waals surface area contributed by atoms with Crippen LogP contribution in [0.5, 0.6) is 0 Å². The highest BCUT2D eigenvalue weighted by molar-refractivity contribution is 6.06. The Kier molecular flexibility index (Phi) is 5.89. The molecule has 3 aromatic carbocycles. The van der Waals surface area contributed by atoms with Gasteiger partial charge in [0.2, 0.25) is 0 Å². The number of fused-ring (bicyclic) bond motifs is 1. The minimum absolute atomic E-state index is 0.112. The number of nitrogens with one attached hydrogen (secondary N) is 3. The van der Waals surface area contributed by atoms with E-state index in [0.717, 1.165) is 22.0 Å². The molecule has 6 heteroatoms. The van der Waals surface area contributed by atoms with Gasteiger partial charge in [0.05, 0.1) is 0 Å². The normalized spacial score (nSPS) is 11.3. The number of aromatic nitrogens is 1. The van der Waals surface area contributed by atoms with Crippen molar-refractivity contribution in [3.8, 4) is 0 Å². The Hall–Kier alpha value is -4.19. The van der Waals surface area contributed by atoms with Crippen molar-refractivity contribution in [3.05, 3.63) is 113 Å². The van der Waals surface area contributed by atoms with Crippen LogP contribution in [0.3, 0.4) is 0 Å². The lowest BCUT2D eigenvalue weighted by Crippen LogP contribution is -2.34. The number of hydrogen-bond acceptors (Lipinski definition) is 2. The first-order valence-electron chi connectivity index (χ1n) is 9.77. The second kappa shape index (κ2) is 9.09. The highest BCUT2D eigenvalue weighted by Crippen LogP contribution is 2.20.